The van der Waals surface area contributed by atoms with Crippen molar-refractivity contribution >= 4 is 11.8 Å². The van der Waals surface area contributed by atoms with E-state index < -0.39 is 5.97 Å². The van der Waals surface area contributed by atoms with Gasteiger partial charge in [0.05, 0.1) is 17.3 Å². The van der Waals surface area contributed by atoms with E-state index in [0.717, 1.165) is 62.6 Å². The van der Waals surface area contributed by atoms with Crippen LogP contribution in [0.1, 0.15) is 25.0 Å². The lowest BCUT2D eigenvalue weighted by molar-refractivity contribution is -0.141. The Morgan fingerprint density at radius 3 is 2.50 bits per heavy atom. The van der Waals surface area contributed by atoms with Gasteiger partial charge in [-0.3, -0.25) is 9.69 Å². The van der Waals surface area contributed by atoms with Gasteiger partial charge < -0.3 is 10.0 Å². The van der Waals surface area contributed by atoms with Gasteiger partial charge in [0.1, 0.15) is 5.82 Å². The highest BCUT2D eigenvalue weighted by atomic mass is 16.4. The molecular formula is C20H26N4O2. The Balaban J connectivity index is 1.44. The Hall–Kier alpha value is -2.34. The molecule has 2 atom stereocenters. The first-order valence-electron chi connectivity index (χ1n) is 9.45. The van der Waals surface area contributed by atoms with Gasteiger partial charge in [0.15, 0.2) is 0 Å². The first-order chi connectivity index (χ1) is 12.6. The lowest BCUT2D eigenvalue weighted by Crippen LogP contribution is -2.50. The summed E-state index contributed by atoms with van der Waals surface area (Å²) in [5.41, 5.74) is 2.10. The average molecular weight is 354 g/mol. The molecule has 1 aromatic heterocycles. The highest BCUT2D eigenvalue weighted by Gasteiger charge is 2.34. The molecule has 1 aliphatic carbocycles. The maximum absolute atomic E-state index is 11.2. The van der Waals surface area contributed by atoms with Crippen LogP contribution in [-0.2, 0) is 4.79 Å². The largest absolute Gasteiger partial charge is 0.481 e. The van der Waals surface area contributed by atoms with Crippen LogP contribution in [0.15, 0.2) is 36.4 Å². The molecule has 4 rings (SSSR count). The fourth-order valence-electron chi connectivity index (χ4n) is 4.30. The van der Waals surface area contributed by atoms with Crippen LogP contribution in [0.2, 0.25) is 0 Å². The Bertz CT molecular complexity index is 765. The van der Waals surface area contributed by atoms with Gasteiger partial charge in [-0.2, -0.15) is 5.10 Å². The maximum Gasteiger partial charge on any atom is 0.306 e. The summed E-state index contributed by atoms with van der Waals surface area (Å²) in [5, 5.41) is 13.9. The fourth-order valence-corrected chi connectivity index (χ4v) is 4.30. The number of hydrogen-bond acceptors (Lipinski definition) is 4. The van der Waals surface area contributed by atoms with Gasteiger partial charge in [0.2, 0.25) is 0 Å². The molecule has 6 nitrogen and oxygen atoms in total. The Kier molecular flexibility index (Phi) is 4.68. The number of rotatable bonds is 4. The van der Waals surface area contributed by atoms with Crippen LogP contribution >= 0.6 is 0 Å². The second kappa shape index (κ2) is 7.11. The van der Waals surface area contributed by atoms with Crippen molar-refractivity contribution in [3.05, 3.63) is 42.1 Å². The summed E-state index contributed by atoms with van der Waals surface area (Å²) in [6.45, 7) is 5.90. The maximum atomic E-state index is 11.2. The molecule has 2 aromatic rings. The molecule has 1 aromatic carbocycles. The van der Waals surface area contributed by atoms with E-state index in [4.69, 9.17) is 0 Å². The quantitative estimate of drug-likeness (QED) is 0.914. The standard InChI is InChI=1S/C20H26N4O2/c1-15-13-19(24(21-15)17-5-3-2-4-6-17)23-11-9-22(10-12-23)18-8-7-16(14-18)20(25)26/h2-6,13,16,18H,7-12,14H2,1H3,(H,25,26)/t16-,18+/m0/s1. The highest BCUT2D eigenvalue weighted by molar-refractivity contribution is 5.70. The van der Waals surface area contributed by atoms with Crippen molar-refractivity contribution in [2.24, 2.45) is 5.92 Å². The van der Waals surface area contributed by atoms with Gasteiger partial charge >= 0.3 is 5.97 Å². The minimum atomic E-state index is -0.631. The molecule has 2 fully saturated rings. The van der Waals surface area contributed by atoms with E-state index >= 15 is 0 Å². The number of benzene rings is 1. The third-order valence-corrected chi connectivity index (χ3v) is 5.72. The highest BCUT2D eigenvalue weighted by Crippen LogP contribution is 2.31. The number of anilines is 1. The van der Waals surface area contributed by atoms with Gasteiger partial charge in [0, 0.05) is 38.3 Å². The second-order valence-corrected chi connectivity index (χ2v) is 7.42. The van der Waals surface area contributed by atoms with E-state index in [-0.39, 0.29) is 5.92 Å². The van der Waals surface area contributed by atoms with Crippen LogP contribution in [-0.4, -0.2) is 58.0 Å². The number of aliphatic carboxylic acids is 1. The van der Waals surface area contributed by atoms with Crippen molar-refractivity contribution in [1.82, 2.24) is 14.7 Å². The van der Waals surface area contributed by atoms with Crippen LogP contribution in [0, 0.1) is 12.8 Å². The van der Waals surface area contributed by atoms with Gasteiger partial charge in [-0.25, -0.2) is 4.68 Å². The summed E-state index contributed by atoms with van der Waals surface area (Å²) < 4.78 is 2.03. The number of aromatic nitrogens is 2. The fraction of sp³-hybridized carbons (Fsp3) is 0.500. The monoisotopic (exact) mass is 354 g/mol. The summed E-state index contributed by atoms with van der Waals surface area (Å²) in [6.07, 6.45) is 2.63. The molecule has 1 saturated heterocycles. The third-order valence-electron chi connectivity index (χ3n) is 5.72. The zero-order valence-corrected chi connectivity index (χ0v) is 15.2. The lowest BCUT2D eigenvalue weighted by Gasteiger charge is -2.39. The average Bonchev–Trinajstić information content (AvgIpc) is 3.30. The molecule has 26 heavy (non-hydrogen) atoms. The number of hydrogen-bond donors (Lipinski definition) is 1. The van der Waals surface area contributed by atoms with Crippen LogP contribution in [0.5, 0.6) is 0 Å². The number of carbonyl (C=O) groups is 1. The van der Waals surface area contributed by atoms with E-state index in [9.17, 15) is 9.90 Å². The summed E-state index contributed by atoms with van der Waals surface area (Å²) in [7, 11) is 0. The van der Waals surface area contributed by atoms with Gasteiger partial charge in [-0.15, -0.1) is 0 Å². The van der Waals surface area contributed by atoms with Crippen molar-refractivity contribution in [3.63, 3.8) is 0 Å². The van der Waals surface area contributed by atoms with Crippen molar-refractivity contribution in [1.29, 1.82) is 0 Å². The number of carboxylic acids is 1. The Labute approximate surface area is 154 Å². The minimum Gasteiger partial charge on any atom is -0.481 e. The van der Waals surface area contributed by atoms with E-state index in [1.54, 1.807) is 0 Å². The molecule has 138 valence electrons. The number of piperazine rings is 1. The number of aryl methyl sites for hydroxylation is 1. The van der Waals surface area contributed by atoms with Crippen LogP contribution in [0.4, 0.5) is 5.82 Å². The van der Waals surface area contributed by atoms with Crippen molar-refractivity contribution in [2.75, 3.05) is 31.1 Å². The molecule has 1 aliphatic heterocycles. The molecule has 0 radical (unpaired) electrons. The van der Waals surface area contributed by atoms with Crippen LogP contribution < -0.4 is 4.90 Å². The van der Waals surface area contributed by atoms with Gasteiger partial charge in [-0.1, -0.05) is 18.2 Å². The molecule has 6 heteroatoms. The van der Waals surface area contributed by atoms with E-state index in [1.165, 1.54) is 0 Å². The molecule has 0 spiro atoms. The Morgan fingerprint density at radius 2 is 1.85 bits per heavy atom. The molecule has 2 heterocycles. The molecular weight excluding hydrogens is 328 g/mol. The van der Waals surface area contributed by atoms with Crippen molar-refractivity contribution < 1.29 is 9.90 Å². The summed E-state index contributed by atoms with van der Waals surface area (Å²) in [5.74, 6) is 0.358. The zero-order chi connectivity index (χ0) is 18.1. The number of nitrogens with zero attached hydrogens (tertiary/aromatic N) is 4. The van der Waals surface area contributed by atoms with Crippen molar-refractivity contribution in [2.45, 2.75) is 32.2 Å². The summed E-state index contributed by atoms with van der Waals surface area (Å²) in [6, 6.07) is 12.8. The SMILES string of the molecule is Cc1cc(N2CCN([C@@H]3CC[C@H](C(=O)O)C3)CC2)n(-c2ccccc2)n1. The smallest absolute Gasteiger partial charge is 0.306 e. The lowest BCUT2D eigenvalue weighted by atomic mass is 10.1. The Morgan fingerprint density at radius 1 is 1.12 bits per heavy atom. The molecule has 1 N–H and O–H groups in total. The topological polar surface area (TPSA) is 61.6 Å². The molecule has 0 bridgehead atoms. The van der Waals surface area contributed by atoms with E-state index in [2.05, 4.69) is 33.1 Å². The van der Waals surface area contributed by atoms with Crippen LogP contribution in [0.25, 0.3) is 5.69 Å². The number of para-hydroxylation sites is 1. The van der Waals surface area contributed by atoms with Crippen LogP contribution in [0.3, 0.4) is 0 Å². The minimum absolute atomic E-state index is 0.153. The normalized spacial score (nSPS) is 24.1. The molecule has 0 unspecified atom stereocenters. The predicted molar refractivity (Wildman–Crippen MR) is 101 cm³/mol. The molecule has 2 aliphatic rings. The first kappa shape index (κ1) is 17.1. The third kappa shape index (κ3) is 3.33. The van der Waals surface area contributed by atoms with Gasteiger partial charge in [-0.05, 0) is 38.3 Å². The summed E-state index contributed by atoms with van der Waals surface area (Å²) >= 11 is 0. The van der Waals surface area contributed by atoms with E-state index in [0.29, 0.717) is 6.04 Å². The zero-order valence-electron chi connectivity index (χ0n) is 15.2. The summed E-state index contributed by atoms with van der Waals surface area (Å²) in [4.78, 5) is 16.1. The molecule has 1 saturated carbocycles. The predicted octanol–water partition coefficient (Wildman–Crippen LogP) is 2.56. The second-order valence-electron chi connectivity index (χ2n) is 7.42. The van der Waals surface area contributed by atoms with E-state index in [1.807, 2.05) is 29.8 Å². The first-order valence-corrected chi connectivity index (χ1v) is 9.45. The number of carboxylic acid groups (broad SMARTS) is 1. The van der Waals surface area contributed by atoms with Crippen molar-refractivity contribution in [3.8, 4) is 5.69 Å². The molecule has 0 amide bonds. The van der Waals surface area contributed by atoms with Gasteiger partial charge in [0.25, 0.3) is 0 Å².